The lowest BCUT2D eigenvalue weighted by atomic mass is 9.87. The van der Waals surface area contributed by atoms with E-state index in [1.54, 1.807) is 6.92 Å². The van der Waals surface area contributed by atoms with Crippen molar-refractivity contribution in [3.63, 3.8) is 0 Å². The first-order chi connectivity index (χ1) is 8.42. The highest BCUT2D eigenvalue weighted by molar-refractivity contribution is 6.31. The molecule has 0 aromatic heterocycles. The van der Waals surface area contributed by atoms with Gasteiger partial charge < -0.3 is 10.1 Å². The number of ether oxygens (including phenoxy) is 1. The maximum atomic E-state index is 11.9. The molecule has 1 aromatic carbocycles. The lowest BCUT2D eigenvalue weighted by molar-refractivity contribution is -0.383. The summed E-state index contributed by atoms with van der Waals surface area (Å²) in [7, 11) is 0. The molecule has 0 atom stereocenters. The van der Waals surface area contributed by atoms with Gasteiger partial charge >= 0.3 is 0 Å². The Morgan fingerprint density at radius 3 is 2.72 bits per heavy atom. The summed E-state index contributed by atoms with van der Waals surface area (Å²) in [4.78, 5) is 22.2. The molecular weight excluding hydrogens is 260 g/mol. The molecule has 0 saturated carbocycles. The molecule has 7 heteroatoms. The van der Waals surface area contributed by atoms with Crippen molar-refractivity contribution >= 4 is 28.9 Å². The molecule has 0 aliphatic carbocycles. The maximum Gasteiger partial charge on any atom is 0.292 e. The highest BCUT2D eigenvalue weighted by Gasteiger charge is 2.41. The molecule has 1 aliphatic heterocycles. The molecule has 96 valence electrons. The van der Waals surface area contributed by atoms with Crippen molar-refractivity contribution in [1.82, 2.24) is 0 Å². The zero-order valence-electron chi connectivity index (χ0n) is 9.60. The van der Waals surface area contributed by atoms with Crippen LogP contribution in [0.3, 0.4) is 0 Å². The highest BCUT2D eigenvalue weighted by Crippen LogP contribution is 2.32. The maximum absolute atomic E-state index is 11.9. The number of rotatable bonds is 3. The zero-order chi connectivity index (χ0) is 13.3. The summed E-state index contributed by atoms with van der Waals surface area (Å²) in [5, 5.41) is 13.7. The standard InChI is InChI=1S/C11H11ClN2O4/c1-11(5-18-6-11)10(15)13-8-4-7(12)2-3-9(8)14(16)17/h2-4H,5-6H2,1H3,(H,13,15). The topological polar surface area (TPSA) is 81.5 Å². The van der Waals surface area contributed by atoms with E-state index < -0.39 is 10.3 Å². The van der Waals surface area contributed by atoms with Crippen molar-refractivity contribution < 1.29 is 14.5 Å². The molecule has 0 radical (unpaired) electrons. The average molecular weight is 271 g/mol. The summed E-state index contributed by atoms with van der Waals surface area (Å²) in [5.74, 6) is -0.306. The molecule has 0 bridgehead atoms. The molecule has 1 N–H and O–H groups in total. The molecule has 1 aromatic rings. The molecule has 2 rings (SSSR count). The Morgan fingerprint density at radius 1 is 1.56 bits per heavy atom. The van der Waals surface area contributed by atoms with Crippen molar-refractivity contribution in [2.24, 2.45) is 5.41 Å². The third kappa shape index (κ3) is 2.30. The van der Waals surface area contributed by atoms with Gasteiger partial charge in [0, 0.05) is 11.1 Å². The number of nitrogens with one attached hydrogen (secondary N) is 1. The number of carbonyl (C=O) groups is 1. The van der Waals surface area contributed by atoms with Crippen LogP contribution in [0.1, 0.15) is 6.92 Å². The van der Waals surface area contributed by atoms with Gasteiger partial charge in [0.25, 0.3) is 5.69 Å². The van der Waals surface area contributed by atoms with E-state index >= 15 is 0 Å². The second-order valence-corrected chi connectivity index (χ2v) is 4.86. The first kappa shape index (κ1) is 12.8. The molecule has 18 heavy (non-hydrogen) atoms. The average Bonchev–Trinajstić information content (AvgIpc) is 2.25. The number of hydrogen-bond donors (Lipinski definition) is 1. The molecule has 1 amide bonds. The highest BCUT2D eigenvalue weighted by atomic mass is 35.5. The van der Waals surface area contributed by atoms with Gasteiger partial charge in [-0.25, -0.2) is 0 Å². The Bertz CT molecular complexity index is 514. The first-order valence-electron chi connectivity index (χ1n) is 5.25. The van der Waals surface area contributed by atoms with Crippen LogP contribution in [0.4, 0.5) is 11.4 Å². The van der Waals surface area contributed by atoms with Gasteiger partial charge in [0.1, 0.15) is 5.69 Å². The fraction of sp³-hybridized carbons (Fsp3) is 0.364. The van der Waals surface area contributed by atoms with Crippen LogP contribution in [0.2, 0.25) is 5.02 Å². The van der Waals surface area contributed by atoms with E-state index in [1.807, 2.05) is 0 Å². The van der Waals surface area contributed by atoms with Gasteiger partial charge in [-0.3, -0.25) is 14.9 Å². The Kier molecular flexibility index (Phi) is 3.23. The van der Waals surface area contributed by atoms with Crippen molar-refractivity contribution in [1.29, 1.82) is 0 Å². The van der Waals surface area contributed by atoms with Crippen LogP contribution in [-0.2, 0) is 9.53 Å². The van der Waals surface area contributed by atoms with E-state index in [9.17, 15) is 14.9 Å². The van der Waals surface area contributed by atoms with Gasteiger partial charge in [-0.15, -0.1) is 0 Å². The number of carbonyl (C=O) groups excluding carboxylic acids is 1. The summed E-state index contributed by atoms with van der Waals surface area (Å²) in [6.45, 7) is 2.36. The van der Waals surface area contributed by atoms with Gasteiger partial charge in [-0.05, 0) is 19.1 Å². The minimum absolute atomic E-state index is 0.102. The van der Waals surface area contributed by atoms with E-state index in [0.717, 1.165) is 0 Å². The largest absolute Gasteiger partial charge is 0.379 e. The third-order valence-electron chi connectivity index (χ3n) is 2.79. The van der Waals surface area contributed by atoms with E-state index in [1.165, 1.54) is 18.2 Å². The van der Waals surface area contributed by atoms with Gasteiger partial charge in [0.15, 0.2) is 0 Å². The lowest BCUT2D eigenvalue weighted by Gasteiger charge is -2.36. The van der Waals surface area contributed by atoms with Crippen molar-refractivity contribution in [2.45, 2.75) is 6.92 Å². The van der Waals surface area contributed by atoms with Crippen LogP contribution in [0.25, 0.3) is 0 Å². The number of nitro benzene ring substituents is 1. The number of hydrogen-bond acceptors (Lipinski definition) is 4. The summed E-state index contributed by atoms with van der Waals surface area (Å²) < 4.78 is 4.98. The SMILES string of the molecule is CC1(C(=O)Nc2cc(Cl)ccc2[N+](=O)[O-])COC1. The van der Waals surface area contributed by atoms with E-state index in [4.69, 9.17) is 16.3 Å². The number of nitrogens with zero attached hydrogens (tertiary/aromatic N) is 1. The molecular formula is C11H11ClN2O4. The molecule has 1 fully saturated rings. The predicted octanol–water partition coefficient (Wildman–Crippen LogP) is 2.22. The summed E-state index contributed by atoms with van der Waals surface area (Å²) >= 11 is 5.77. The molecule has 0 spiro atoms. The van der Waals surface area contributed by atoms with E-state index in [2.05, 4.69) is 5.32 Å². The van der Waals surface area contributed by atoms with Crippen molar-refractivity contribution in [2.75, 3.05) is 18.5 Å². The Morgan fingerprint density at radius 2 is 2.22 bits per heavy atom. The molecule has 1 heterocycles. The number of nitro groups is 1. The van der Waals surface area contributed by atoms with Crippen LogP contribution in [0.5, 0.6) is 0 Å². The van der Waals surface area contributed by atoms with Crippen LogP contribution >= 0.6 is 11.6 Å². The van der Waals surface area contributed by atoms with Gasteiger partial charge in [-0.1, -0.05) is 11.6 Å². The van der Waals surface area contributed by atoms with Crippen LogP contribution < -0.4 is 5.32 Å². The van der Waals surface area contributed by atoms with Crippen molar-refractivity contribution in [3.05, 3.63) is 33.3 Å². The molecule has 1 saturated heterocycles. The van der Waals surface area contributed by atoms with Gasteiger partial charge in [0.2, 0.25) is 5.91 Å². The van der Waals surface area contributed by atoms with Crippen LogP contribution in [0, 0.1) is 15.5 Å². The number of benzene rings is 1. The fourth-order valence-corrected chi connectivity index (χ4v) is 1.75. The third-order valence-corrected chi connectivity index (χ3v) is 3.03. The quantitative estimate of drug-likeness (QED) is 0.674. The lowest BCUT2D eigenvalue weighted by Crippen LogP contribution is -2.49. The normalized spacial score (nSPS) is 16.8. The van der Waals surface area contributed by atoms with Crippen molar-refractivity contribution in [3.8, 4) is 0 Å². The second-order valence-electron chi connectivity index (χ2n) is 4.43. The summed E-state index contributed by atoms with van der Waals surface area (Å²) in [6.07, 6.45) is 0. The zero-order valence-corrected chi connectivity index (χ0v) is 10.4. The smallest absolute Gasteiger partial charge is 0.292 e. The first-order valence-corrected chi connectivity index (χ1v) is 5.63. The van der Waals surface area contributed by atoms with Gasteiger partial charge in [-0.2, -0.15) is 0 Å². The summed E-state index contributed by atoms with van der Waals surface area (Å²) in [6, 6.07) is 4.03. The van der Waals surface area contributed by atoms with E-state index in [0.29, 0.717) is 18.2 Å². The minimum Gasteiger partial charge on any atom is -0.379 e. The van der Waals surface area contributed by atoms with Crippen LogP contribution in [-0.4, -0.2) is 24.0 Å². The molecule has 6 nitrogen and oxygen atoms in total. The number of amides is 1. The Labute approximate surface area is 108 Å². The predicted molar refractivity (Wildman–Crippen MR) is 65.7 cm³/mol. The number of anilines is 1. The van der Waals surface area contributed by atoms with Gasteiger partial charge in [0.05, 0.1) is 23.6 Å². The Balaban J connectivity index is 2.25. The number of halogens is 1. The minimum atomic E-state index is -0.629. The van der Waals surface area contributed by atoms with E-state index in [-0.39, 0.29) is 17.3 Å². The Hall–Kier alpha value is -1.66. The molecule has 0 unspecified atom stereocenters. The summed E-state index contributed by atoms with van der Waals surface area (Å²) in [5.41, 5.74) is -0.710. The molecule has 1 aliphatic rings. The second kappa shape index (κ2) is 4.55. The van der Waals surface area contributed by atoms with Crippen LogP contribution in [0.15, 0.2) is 18.2 Å². The monoisotopic (exact) mass is 270 g/mol. The fourth-order valence-electron chi connectivity index (χ4n) is 1.58.